The summed E-state index contributed by atoms with van der Waals surface area (Å²) >= 11 is 0. The van der Waals surface area contributed by atoms with Crippen LogP contribution < -0.4 is 0 Å². The Kier molecular flexibility index (Phi) is 6.04. The summed E-state index contributed by atoms with van der Waals surface area (Å²) in [5.41, 5.74) is 1.64. The summed E-state index contributed by atoms with van der Waals surface area (Å²) in [5.74, 6) is -0.0128. The summed E-state index contributed by atoms with van der Waals surface area (Å²) in [4.78, 5) is 13.8. The third kappa shape index (κ3) is 4.72. The van der Waals surface area contributed by atoms with Crippen LogP contribution in [0.15, 0.2) is 24.3 Å². The van der Waals surface area contributed by atoms with Crippen LogP contribution >= 0.6 is 0 Å². The molecule has 0 unspecified atom stereocenters. The van der Waals surface area contributed by atoms with Crippen molar-refractivity contribution >= 4 is 5.91 Å². The average Bonchev–Trinajstić information content (AvgIpc) is 2.42. The van der Waals surface area contributed by atoms with Gasteiger partial charge in [0.15, 0.2) is 0 Å². The second-order valence-corrected chi connectivity index (χ2v) is 4.56. The molecule has 0 saturated heterocycles. The number of rotatable bonds is 6. The number of amides is 1. The fourth-order valence-corrected chi connectivity index (χ4v) is 1.71. The van der Waals surface area contributed by atoms with E-state index >= 15 is 0 Å². The van der Waals surface area contributed by atoms with E-state index in [4.69, 9.17) is 10.00 Å². The Balaban J connectivity index is 2.72. The van der Waals surface area contributed by atoms with E-state index in [0.717, 1.165) is 5.56 Å². The Hall–Kier alpha value is -1.86. The molecule has 1 aromatic carbocycles. The standard InChI is InChI=1S/C15H20N2O2/c1-4-19-11-15(18)17(12(2)3)10-14-7-5-13(9-16)6-8-14/h5-8,12H,4,10-11H2,1-3H3. The highest BCUT2D eigenvalue weighted by molar-refractivity contribution is 5.77. The highest BCUT2D eigenvalue weighted by Crippen LogP contribution is 2.10. The van der Waals surface area contributed by atoms with Crippen LogP contribution in [0.3, 0.4) is 0 Å². The summed E-state index contributed by atoms with van der Waals surface area (Å²) in [5, 5.41) is 8.75. The number of ether oxygens (including phenoxy) is 1. The van der Waals surface area contributed by atoms with Gasteiger partial charge in [-0.3, -0.25) is 4.79 Å². The molecular formula is C15H20N2O2. The lowest BCUT2D eigenvalue weighted by molar-refractivity contribution is -0.138. The summed E-state index contributed by atoms with van der Waals surface area (Å²) in [6.07, 6.45) is 0. The Morgan fingerprint density at radius 1 is 1.37 bits per heavy atom. The molecule has 0 fully saturated rings. The van der Waals surface area contributed by atoms with Gasteiger partial charge in [-0.05, 0) is 38.5 Å². The lowest BCUT2D eigenvalue weighted by atomic mass is 10.1. The average molecular weight is 260 g/mol. The molecule has 4 nitrogen and oxygen atoms in total. The molecule has 1 aromatic rings. The minimum absolute atomic E-state index is 0.0128. The number of nitrogens with zero attached hydrogens (tertiary/aromatic N) is 2. The van der Waals surface area contributed by atoms with Crippen molar-refractivity contribution in [1.82, 2.24) is 4.90 Å². The third-order valence-corrected chi connectivity index (χ3v) is 2.81. The fourth-order valence-electron chi connectivity index (χ4n) is 1.71. The Morgan fingerprint density at radius 3 is 2.47 bits per heavy atom. The molecule has 0 radical (unpaired) electrons. The number of carbonyl (C=O) groups excluding carboxylic acids is 1. The molecule has 0 aromatic heterocycles. The molecule has 0 bridgehead atoms. The van der Waals surface area contributed by atoms with Crippen LogP contribution in [0.1, 0.15) is 31.9 Å². The zero-order valence-electron chi connectivity index (χ0n) is 11.7. The summed E-state index contributed by atoms with van der Waals surface area (Å²) in [6, 6.07) is 9.48. The number of carbonyl (C=O) groups is 1. The Morgan fingerprint density at radius 2 is 2.00 bits per heavy atom. The van der Waals surface area contributed by atoms with E-state index in [1.54, 1.807) is 17.0 Å². The Bertz CT molecular complexity index is 446. The van der Waals surface area contributed by atoms with Gasteiger partial charge in [0.2, 0.25) is 5.91 Å². The maximum atomic E-state index is 12.0. The molecule has 0 spiro atoms. The van der Waals surface area contributed by atoms with E-state index in [1.165, 1.54) is 0 Å². The van der Waals surface area contributed by atoms with Gasteiger partial charge in [0.1, 0.15) is 6.61 Å². The van der Waals surface area contributed by atoms with E-state index in [2.05, 4.69) is 6.07 Å². The number of hydrogen-bond donors (Lipinski definition) is 0. The summed E-state index contributed by atoms with van der Waals surface area (Å²) in [7, 11) is 0. The molecule has 1 rings (SSSR count). The Labute approximate surface area is 114 Å². The van der Waals surface area contributed by atoms with E-state index in [1.807, 2.05) is 32.9 Å². The second-order valence-electron chi connectivity index (χ2n) is 4.56. The fraction of sp³-hybridized carbons (Fsp3) is 0.467. The lowest BCUT2D eigenvalue weighted by Gasteiger charge is -2.26. The van der Waals surface area contributed by atoms with Gasteiger partial charge >= 0.3 is 0 Å². The van der Waals surface area contributed by atoms with Crippen molar-refractivity contribution in [1.29, 1.82) is 5.26 Å². The smallest absolute Gasteiger partial charge is 0.249 e. The van der Waals surface area contributed by atoms with Crippen molar-refractivity contribution < 1.29 is 9.53 Å². The maximum absolute atomic E-state index is 12.0. The molecule has 4 heteroatoms. The first-order chi connectivity index (χ1) is 9.08. The number of hydrogen-bond acceptors (Lipinski definition) is 3. The monoisotopic (exact) mass is 260 g/mol. The van der Waals surface area contributed by atoms with Crippen LogP contribution in [0.4, 0.5) is 0 Å². The van der Waals surface area contributed by atoms with Crippen molar-refractivity contribution in [3.63, 3.8) is 0 Å². The maximum Gasteiger partial charge on any atom is 0.249 e. The number of nitriles is 1. The van der Waals surface area contributed by atoms with Crippen LogP contribution in [0.25, 0.3) is 0 Å². The molecule has 0 aliphatic carbocycles. The minimum atomic E-state index is -0.0128. The van der Waals surface area contributed by atoms with Crippen LogP contribution in [0, 0.1) is 11.3 Å². The molecule has 19 heavy (non-hydrogen) atoms. The second kappa shape index (κ2) is 7.55. The predicted octanol–water partition coefficient (Wildman–Crippen LogP) is 2.33. The van der Waals surface area contributed by atoms with Crippen LogP contribution in [-0.4, -0.2) is 30.1 Å². The predicted molar refractivity (Wildman–Crippen MR) is 73.3 cm³/mol. The van der Waals surface area contributed by atoms with E-state index in [-0.39, 0.29) is 18.6 Å². The van der Waals surface area contributed by atoms with Gasteiger partial charge in [-0.2, -0.15) is 5.26 Å². The van der Waals surface area contributed by atoms with Gasteiger partial charge < -0.3 is 9.64 Å². The highest BCUT2D eigenvalue weighted by atomic mass is 16.5. The molecule has 0 atom stereocenters. The first kappa shape index (κ1) is 15.2. The minimum Gasteiger partial charge on any atom is -0.372 e. The van der Waals surface area contributed by atoms with Gasteiger partial charge in [0.25, 0.3) is 0 Å². The van der Waals surface area contributed by atoms with E-state index in [0.29, 0.717) is 18.7 Å². The summed E-state index contributed by atoms with van der Waals surface area (Å²) in [6.45, 7) is 7.02. The third-order valence-electron chi connectivity index (χ3n) is 2.81. The molecular weight excluding hydrogens is 240 g/mol. The zero-order valence-corrected chi connectivity index (χ0v) is 11.7. The molecule has 102 valence electrons. The van der Waals surface area contributed by atoms with Crippen molar-refractivity contribution in [2.24, 2.45) is 0 Å². The van der Waals surface area contributed by atoms with Crippen LogP contribution in [0.2, 0.25) is 0 Å². The van der Waals surface area contributed by atoms with Gasteiger partial charge in [-0.1, -0.05) is 12.1 Å². The van der Waals surface area contributed by atoms with Gasteiger partial charge in [-0.25, -0.2) is 0 Å². The molecule has 0 saturated carbocycles. The van der Waals surface area contributed by atoms with E-state index < -0.39 is 0 Å². The van der Waals surface area contributed by atoms with Crippen molar-refractivity contribution in [3.8, 4) is 6.07 Å². The molecule has 0 aliphatic rings. The van der Waals surface area contributed by atoms with Crippen LogP contribution in [-0.2, 0) is 16.1 Å². The van der Waals surface area contributed by atoms with Crippen LogP contribution in [0.5, 0.6) is 0 Å². The largest absolute Gasteiger partial charge is 0.372 e. The quantitative estimate of drug-likeness (QED) is 0.788. The SMILES string of the molecule is CCOCC(=O)N(Cc1ccc(C#N)cc1)C(C)C. The lowest BCUT2D eigenvalue weighted by Crippen LogP contribution is -2.38. The first-order valence-corrected chi connectivity index (χ1v) is 6.44. The van der Waals surface area contributed by atoms with Crippen molar-refractivity contribution in [3.05, 3.63) is 35.4 Å². The molecule has 1 amide bonds. The zero-order chi connectivity index (χ0) is 14.3. The molecule has 0 N–H and O–H groups in total. The van der Waals surface area contributed by atoms with Gasteiger partial charge in [-0.15, -0.1) is 0 Å². The van der Waals surface area contributed by atoms with Crippen molar-refractivity contribution in [2.45, 2.75) is 33.4 Å². The first-order valence-electron chi connectivity index (χ1n) is 6.44. The van der Waals surface area contributed by atoms with E-state index in [9.17, 15) is 4.79 Å². The normalized spacial score (nSPS) is 10.3. The number of benzene rings is 1. The molecule has 0 aliphatic heterocycles. The topological polar surface area (TPSA) is 53.3 Å². The summed E-state index contributed by atoms with van der Waals surface area (Å²) < 4.78 is 5.17. The highest BCUT2D eigenvalue weighted by Gasteiger charge is 2.17. The van der Waals surface area contributed by atoms with Crippen molar-refractivity contribution in [2.75, 3.05) is 13.2 Å². The van der Waals surface area contributed by atoms with Gasteiger partial charge in [0, 0.05) is 19.2 Å². The van der Waals surface area contributed by atoms with Gasteiger partial charge in [0.05, 0.1) is 11.6 Å². The molecule has 0 heterocycles.